The molecule has 1 saturated carbocycles. The number of rotatable bonds is 4. The lowest BCUT2D eigenvalue weighted by atomic mass is 9.94. The van der Waals surface area contributed by atoms with Gasteiger partial charge in [0.25, 0.3) is 5.69 Å². The van der Waals surface area contributed by atoms with Crippen LogP contribution in [0.1, 0.15) is 38.5 Å². The maximum atomic E-state index is 12.5. The van der Waals surface area contributed by atoms with E-state index in [2.05, 4.69) is 5.32 Å². The SMILES string of the molecule is O=C(Nc1ccc(Cl)c([N+](=O)[O-])c1)[C@H]1CC(=O)N(C2CCCCC2)C1. The summed E-state index contributed by atoms with van der Waals surface area (Å²) in [5, 5.41) is 13.6. The lowest BCUT2D eigenvalue weighted by Crippen LogP contribution is -2.38. The first-order valence-electron chi connectivity index (χ1n) is 8.50. The number of nitrogens with zero attached hydrogens (tertiary/aromatic N) is 2. The highest BCUT2D eigenvalue weighted by atomic mass is 35.5. The normalized spacial score (nSPS) is 21.4. The predicted octanol–water partition coefficient (Wildman–Crippen LogP) is 3.37. The zero-order valence-corrected chi connectivity index (χ0v) is 14.5. The van der Waals surface area contributed by atoms with Crippen molar-refractivity contribution in [1.82, 2.24) is 4.90 Å². The Morgan fingerprint density at radius 2 is 2.00 bits per heavy atom. The fourth-order valence-corrected chi connectivity index (χ4v) is 3.81. The summed E-state index contributed by atoms with van der Waals surface area (Å²) in [6, 6.07) is 4.37. The van der Waals surface area contributed by atoms with E-state index in [-0.39, 0.29) is 35.0 Å². The van der Waals surface area contributed by atoms with Crippen LogP contribution in [0.3, 0.4) is 0 Å². The van der Waals surface area contributed by atoms with E-state index < -0.39 is 10.8 Å². The van der Waals surface area contributed by atoms with E-state index in [9.17, 15) is 19.7 Å². The van der Waals surface area contributed by atoms with E-state index in [1.807, 2.05) is 4.90 Å². The molecule has 1 aliphatic carbocycles. The highest BCUT2D eigenvalue weighted by molar-refractivity contribution is 6.32. The number of hydrogen-bond donors (Lipinski definition) is 1. The van der Waals surface area contributed by atoms with Gasteiger partial charge in [-0.05, 0) is 25.0 Å². The topological polar surface area (TPSA) is 92.5 Å². The Morgan fingerprint density at radius 3 is 2.68 bits per heavy atom. The summed E-state index contributed by atoms with van der Waals surface area (Å²) in [4.78, 5) is 36.9. The molecule has 2 aliphatic rings. The standard InChI is InChI=1S/C17H20ClN3O4/c18-14-7-6-12(9-15(14)21(24)25)19-17(23)11-8-16(22)20(10-11)13-4-2-1-3-5-13/h6-7,9,11,13H,1-5,8,10H2,(H,19,23)/t11-/m0/s1. The molecule has 1 atom stereocenters. The maximum absolute atomic E-state index is 12.5. The number of hydrogen-bond acceptors (Lipinski definition) is 4. The van der Waals surface area contributed by atoms with Gasteiger partial charge in [-0.15, -0.1) is 0 Å². The lowest BCUT2D eigenvalue weighted by molar-refractivity contribution is -0.384. The first kappa shape index (κ1) is 17.7. The second-order valence-corrected chi connectivity index (χ2v) is 7.06. The van der Waals surface area contributed by atoms with E-state index in [1.165, 1.54) is 24.6 Å². The van der Waals surface area contributed by atoms with Gasteiger partial charge < -0.3 is 10.2 Å². The number of nitro groups is 1. The largest absolute Gasteiger partial charge is 0.339 e. The van der Waals surface area contributed by atoms with Crippen molar-refractivity contribution >= 4 is 34.8 Å². The molecular formula is C17H20ClN3O4. The maximum Gasteiger partial charge on any atom is 0.289 e. The van der Waals surface area contributed by atoms with Crippen LogP contribution in [0.2, 0.25) is 5.02 Å². The third-order valence-corrected chi connectivity index (χ3v) is 5.27. The Kier molecular flexibility index (Phi) is 5.22. The Balaban J connectivity index is 1.65. The minimum Gasteiger partial charge on any atom is -0.339 e. The van der Waals surface area contributed by atoms with Gasteiger partial charge in [-0.3, -0.25) is 19.7 Å². The average Bonchev–Trinajstić information content (AvgIpc) is 2.99. The number of halogens is 1. The number of carbonyl (C=O) groups is 2. The molecule has 0 unspecified atom stereocenters. The van der Waals surface area contributed by atoms with E-state index >= 15 is 0 Å². The molecule has 3 rings (SSSR count). The fourth-order valence-electron chi connectivity index (χ4n) is 3.63. The van der Waals surface area contributed by atoms with Crippen LogP contribution < -0.4 is 5.32 Å². The molecule has 1 heterocycles. The molecular weight excluding hydrogens is 346 g/mol. The molecule has 1 N–H and O–H groups in total. The second kappa shape index (κ2) is 7.39. The Labute approximate surface area is 150 Å². The quantitative estimate of drug-likeness (QED) is 0.654. The van der Waals surface area contributed by atoms with Gasteiger partial charge in [0.05, 0.1) is 10.8 Å². The number of anilines is 1. The Bertz CT molecular complexity index is 703. The molecule has 134 valence electrons. The summed E-state index contributed by atoms with van der Waals surface area (Å²) in [6.45, 7) is 0.422. The third-order valence-electron chi connectivity index (χ3n) is 4.96. The fraction of sp³-hybridized carbons (Fsp3) is 0.529. The van der Waals surface area contributed by atoms with Crippen molar-refractivity contribution < 1.29 is 14.5 Å². The predicted molar refractivity (Wildman–Crippen MR) is 93.4 cm³/mol. The molecule has 1 aromatic rings. The van der Waals surface area contributed by atoms with Crippen molar-refractivity contribution in [3.05, 3.63) is 33.3 Å². The number of nitro benzene ring substituents is 1. The van der Waals surface area contributed by atoms with Crippen LogP contribution >= 0.6 is 11.6 Å². The number of benzene rings is 1. The van der Waals surface area contributed by atoms with Crippen LogP contribution in [-0.4, -0.2) is 34.2 Å². The van der Waals surface area contributed by atoms with Crippen LogP contribution in [-0.2, 0) is 9.59 Å². The molecule has 2 fully saturated rings. The molecule has 25 heavy (non-hydrogen) atoms. The lowest BCUT2D eigenvalue weighted by Gasteiger charge is -2.31. The van der Waals surface area contributed by atoms with Gasteiger partial charge in [-0.1, -0.05) is 30.9 Å². The molecule has 0 radical (unpaired) electrons. The van der Waals surface area contributed by atoms with Crippen molar-refractivity contribution in [2.24, 2.45) is 5.92 Å². The summed E-state index contributed by atoms with van der Waals surface area (Å²) in [7, 11) is 0. The van der Waals surface area contributed by atoms with Crippen LogP contribution in [0.4, 0.5) is 11.4 Å². The summed E-state index contributed by atoms with van der Waals surface area (Å²) in [6.07, 6.45) is 5.65. The molecule has 1 saturated heterocycles. The molecule has 0 spiro atoms. The average molecular weight is 366 g/mol. The van der Waals surface area contributed by atoms with E-state index in [0.29, 0.717) is 12.2 Å². The molecule has 1 aliphatic heterocycles. The Morgan fingerprint density at radius 1 is 1.28 bits per heavy atom. The highest BCUT2D eigenvalue weighted by Gasteiger charge is 2.38. The van der Waals surface area contributed by atoms with Crippen molar-refractivity contribution in [3.8, 4) is 0 Å². The summed E-state index contributed by atoms with van der Waals surface area (Å²) < 4.78 is 0. The summed E-state index contributed by atoms with van der Waals surface area (Å²) in [5.41, 5.74) is 0.0514. The molecule has 0 bridgehead atoms. The van der Waals surface area contributed by atoms with Gasteiger partial charge in [0.2, 0.25) is 11.8 Å². The number of likely N-dealkylation sites (tertiary alicyclic amines) is 1. The minimum atomic E-state index is -0.595. The van der Waals surface area contributed by atoms with Gasteiger partial charge in [0, 0.05) is 30.8 Å². The molecule has 2 amide bonds. The Hall–Kier alpha value is -2.15. The van der Waals surface area contributed by atoms with Crippen LogP contribution in [0.15, 0.2) is 18.2 Å². The smallest absolute Gasteiger partial charge is 0.289 e. The third kappa shape index (κ3) is 3.92. The molecule has 1 aromatic carbocycles. The molecule has 8 heteroatoms. The van der Waals surface area contributed by atoms with Gasteiger partial charge in [0.1, 0.15) is 5.02 Å². The number of amides is 2. The van der Waals surface area contributed by atoms with Gasteiger partial charge in [-0.2, -0.15) is 0 Å². The number of nitrogens with one attached hydrogen (secondary N) is 1. The second-order valence-electron chi connectivity index (χ2n) is 6.65. The van der Waals surface area contributed by atoms with Crippen molar-refractivity contribution in [2.75, 3.05) is 11.9 Å². The summed E-state index contributed by atoms with van der Waals surface area (Å²) >= 11 is 5.77. The highest BCUT2D eigenvalue weighted by Crippen LogP contribution is 2.30. The minimum absolute atomic E-state index is 0.0162. The van der Waals surface area contributed by atoms with Crippen LogP contribution in [0.25, 0.3) is 0 Å². The van der Waals surface area contributed by atoms with E-state index in [0.717, 1.165) is 25.7 Å². The van der Waals surface area contributed by atoms with Crippen molar-refractivity contribution in [1.29, 1.82) is 0 Å². The van der Waals surface area contributed by atoms with Crippen molar-refractivity contribution in [3.63, 3.8) is 0 Å². The zero-order valence-electron chi connectivity index (χ0n) is 13.7. The number of carbonyl (C=O) groups excluding carboxylic acids is 2. The van der Waals surface area contributed by atoms with E-state index in [1.54, 1.807) is 0 Å². The summed E-state index contributed by atoms with van der Waals surface area (Å²) in [5.74, 6) is -0.693. The van der Waals surface area contributed by atoms with Crippen LogP contribution in [0.5, 0.6) is 0 Å². The van der Waals surface area contributed by atoms with Gasteiger partial charge >= 0.3 is 0 Å². The van der Waals surface area contributed by atoms with Crippen LogP contribution in [0, 0.1) is 16.0 Å². The van der Waals surface area contributed by atoms with Crippen molar-refractivity contribution in [2.45, 2.75) is 44.6 Å². The van der Waals surface area contributed by atoms with E-state index in [4.69, 9.17) is 11.6 Å². The monoisotopic (exact) mass is 365 g/mol. The molecule has 7 nitrogen and oxygen atoms in total. The van der Waals surface area contributed by atoms with Gasteiger partial charge in [0.15, 0.2) is 0 Å². The first-order valence-corrected chi connectivity index (χ1v) is 8.88. The zero-order chi connectivity index (χ0) is 18.0. The van der Waals surface area contributed by atoms with Gasteiger partial charge in [-0.25, -0.2) is 0 Å². The molecule has 0 aromatic heterocycles. The first-order chi connectivity index (χ1) is 12.0.